The number of anilines is 2. The van der Waals surface area contributed by atoms with Crippen molar-refractivity contribution in [1.29, 1.82) is 0 Å². The highest BCUT2D eigenvalue weighted by Crippen LogP contribution is 2.27. The van der Waals surface area contributed by atoms with Gasteiger partial charge in [-0.15, -0.1) is 0 Å². The second kappa shape index (κ2) is 5.08. The molecular weight excluding hydrogens is 232 g/mol. The first-order valence-electron chi connectivity index (χ1n) is 6.01. The van der Waals surface area contributed by atoms with Crippen LogP contribution >= 0.6 is 0 Å². The molecule has 1 saturated carbocycles. The zero-order valence-corrected chi connectivity index (χ0v) is 9.98. The van der Waals surface area contributed by atoms with Gasteiger partial charge in [-0.25, -0.2) is 4.79 Å². The number of hydrogen-bond acceptors (Lipinski definition) is 3. The SMILES string of the molecule is Nc1ccc(C(=O)O)c(NC(=O)C2CCCC2)c1. The predicted molar refractivity (Wildman–Crippen MR) is 68.4 cm³/mol. The van der Waals surface area contributed by atoms with Crippen molar-refractivity contribution in [2.75, 3.05) is 11.1 Å². The zero-order valence-electron chi connectivity index (χ0n) is 9.98. The van der Waals surface area contributed by atoms with E-state index in [9.17, 15) is 9.59 Å². The minimum Gasteiger partial charge on any atom is -0.478 e. The lowest BCUT2D eigenvalue weighted by atomic mass is 10.1. The van der Waals surface area contributed by atoms with Crippen LogP contribution in [0, 0.1) is 5.92 Å². The first-order chi connectivity index (χ1) is 8.58. The summed E-state index contributed by atoms with van der Waals surface area (Å²) >= 11 is 0. The Morgan fingerprint density at radius 3 is 2.56 bits per heavy atom. The molecule has 0 aromatic heterocycles. The number of carboxylic acids is 1. The number of carbonyl (C=O) groups excluding carboxylic acids is 1. The molecule has 0 heterocycles. The Kier molecular flexibility index (Phi) is 3.50. The molecule has 1 aliphatic rings. The van der Waals surface area contributed by atoms with Crippen LogP contribution in [0.25, 0.3) is 0 Å². The van der Waals surface area contributed by atoms with Crippen molar-refractivity contribution in [2.24, 2.45) is 5.92 Å². The fourth-order valence-electron chi connectivity index (χ4n) is 2.27. The molecule has 18 heavy (non-hydrogen) atoms. The summed E-state index contributed by atoms with van der Waals surface area (Å²) in [5, 5.41) is 11.7. The number of aromatic carboxylic acids is 1. The van der Waals surface area contributed by atoms with Gasteiger partial charge in [0.2, 0.25) is 5.91 Å². The lowest BCUT2D eigenvalue weighted by Crippen LogP contribution is -2.21. The molecule has 0 saturated heterocycles. The fourth-order valence-corrected chi connectivity index (χ4v) is 2.27. The molecule has 96 valence electrons. The molecule has 1 aromatic carbocycles. The minimum absolute atomic E-state index is 0.00641. The molecule has 1 aliphatic carbocycles. The maximum absolute atomic E-state index is 12.0. The van der Waals surface area contributed by atoms with Crippen molar-refractivity contribution in [3.63, 3.8) is 0 Å². The molecule has 5 nitrogen and oxygen atoms in total. The van der Waals surface area contributed by atoms with E-state index in [1.54, 1.807) is 0 Å². The third kappa shape index (κ3) is 2.61. The van der Waals surface area contributed by atoms with E-state index >= 15 is 0 Å². The molecule has 0 atom stereocenters. The number of amides is 1. The number of carbonyl (C=O) groups is 2. The topological polar surface area (TPSA) is 92.4 Å². The summed E-state index contributed by atoms with van der Waals surface area (Å²) in [5.74, 6) is -1.19. The molecule has 0 aliphatic heterocycles. The van der Waals surface area contributed by atoms with E-state index in [1.807, 2.05) is 0 Å². The molecule has 0 spiro atoms. The van der Waals surface area contributed by atoms with Crippen LogP contribution in [0.2, 0.25) is 0 Å². The Morgan fingerprint density at radius 1 is 1.28 bits per heavy atom. The van der Waals surface area contributed by atoms with Crippen molar-refractivity contribution >= 4 is 23.3 Å². The van der Waals surface area contributed by atoms with Crippen LogP contribution in [-0.2, 0) is 4.79 Å². The van der Waals surface area contributed by atoms with Gasteiger partial charge < -0.3 is 16.2 Å². The van der Waals surface area contributed by atoms with E-state index in [-0.39, 0.29) is 23.1 Å². The Hall–Kier alpha value is -2.04. The van der Waals surface area contributed by atoms with Crippen LogP contribution in [0.3, 0.4) is 0 Å². The third-order valence-electron chi connectivity index (χ3n) is 3.26. The van der Waals surface area contributed by atoms with Gasteiger partial charge >= 0.3 is 5.97 Å². The van der Waals surface area contributed by atoms with Gasteiger partial charge in [-0.3, -0.25) is 4.79 Å². The number of nitrogens with two attached hydrogens (primary N) is 1. The standard InChI is InChI=1S/C13H16N2O3/c14-9-5-6-10(13(17)18)11(7-9)15-12(16)8-3-1-2-4-8/h5-8H,1-4,14H2,(H,15,16)(H,17,18). The number of carboxylic acid groups (broad SMARTS) is 1. The second-order valence-electron chi connectivity index (χ2n) is 4.58. The van der Waals surface area contributed by atoms with Crippen LogP contribution < -0.4 is 11.1 Å². The van der Waals surface area contributed by atoms with Crippen LogP contribution in [0.15, 0.2) is 18.2 Å². The van der Waals surface area contributed by atoms with Gasteiger partial charge in [0.1, 0.15) is 0 Å². The van der Waals surface area contributed by atoms with E-state index in [1.165, 1.54) is 18.2 Å². The largest absolute Gasteiger partial charge is 0.478 e. The average Bonchev–Trinajstić information content (AvgIpc) is 2.81. The summed E-state index contributed by atoms with van der Waals surface area (Å²) in [6, 6.07) is 4.40. The van der Waals surface area contributed by atoms with Crippen molar-refractivity contribution in [3.05, 3.63) is 23.8 Å². The molecule has 5 heteroatoms. The number of hydrogen-bond donors (Lipinski definition) is 3. The summed E-state index contributed by atoms with van der Waals surface area (Å²) in [6.07, 6.45) is 3.86. The molecule has 0 radical (unpaired) electrons. The average molecular weight is 248 g/mol. The lowest BCUT2D eigenvalue weighted by molar-refractivity contribution is -0.119. The molecule has 4 N–H and O–H groups in total. The molecule has 0 bridgehead atoms. The van der Waals surface area contributed by atoms with Crippen LogP contribution in [0.5, 0.6) is 0 Å². The van der Waals surface area contributed by atoms with E-state index < -0.39 is 5.97 Å². The summed E-state index contributed by atoms with van der Waals surface area (Å²) in [4.78, 5) is 23.0. The predicted octanol–water partition coefficient (Wildman–Crippen LogP) is 2.10. The van der Waals surface area contributed by atoms with E-state index in [0.29, 0.717) is 5.69 Å². The smallest absolute Gasteiger partial charge is 0.337 e. The first kappa shape index (κ1) is 12.4. The van der Waals surface area contributed by atoms with Crippen molar-refractivity contribution in [1.82, 2.24) is 0 Å². The van der Waals surface area contributed by atoms with Gasteiger partial charge in [0.25, 0.3) is 0 Å². The number of benzene rings is 1. The summed E-state index contributed by atoms with van der Waals surface area (Å²) in [7, 11) is 0. The van der Waals surface area contributed by atoms with Crippen molar-refractivity contribution in [2.45, 2.75) is 25.7 Å². The number of rotatable bonds is 3. The highest BCUT2D eigenvalue weighted by Gasteiger charge is 2.23. The minimum atomic E-state index is -1.07. The molecular formula is C13H16N2O3. The van der Waals surface area contributed by atoms with Crippen LogP contribution in [0.4, 0.5) is 11.4 Å². The first-order valence-corrected chi connectivity index (χ1v) is 6.01. The van der Waals surface area contributed by atoms with E-state index in [4.69, 9.17) is 10.8 Å². The summed E-state index contributed by atoms with van der Waals surface area (Å²) in [5.41, 5.74) is 6.39. The van der Waals surface area contributed by atoms with Gasteiger partial charge in [-0.2, -0.15) is 0 Å². The zero-order chi connectivity index (χ0) is 13.1. The maximum atomic E-state index is 12.0. The van der Waals surface area contributed by atoms with E-state index in [0.717, 1.165) is 25.7 Å². The maximum Gasteiger partial charge on any atom is 0.337 e. The Morgan fingerprint density at radius 2 is 1.94 bits per heavy atom. The highest BCUT2D eigenvalue weighted by atomic mass is 16.4. The van der Waals surface area contributed by atoms with Crippen LogP contribution in [-0.4, -0.2) is 17.0 Å². The molecule has 2 rings (SSSR count). The summed E-state index contributed by atoms with van der Waals surface area (Å²) in [6.45, 7) is 0. The molecule has 0 unspecified atom stereocenters. The van der Waals surface area contributed by atoms with E-state index in [2.05, 4.69) is 5.32 Å². The second-order valence-corrected chi connectivity index (χ2v) is 4.58. The highest BCUT2D eigenvalue weighted by molar-refractivity contribution is 6.01. The third-order valence-corrected chi connectivity index (χ3v) is 3.26. The normalized spacial score (nSPS) is 15.6. The van der Waals surface area contributed by atoms with Crippen molar-refractivity contribution in [3.8, 4) is 0 Å². The Labute approximate surface area is 105 Å². The molecule has 1 amide bonds. The molecule has 1 fully saturated rings. The quantitative estimate of drug-likeness (QED) is 0.714. The monoisotopic (exact) mass is 248 g/mol. The van der Waals surface area contributed by atoms with Gasteiger partial charge in [0, 0.05) is 11.6 Å². The van der Waals surface area contributed by atoms with Gasteiger partial charge in [0.05, 0.1) is 11.3 Å². The van der Waals surface area contributed by atoms with Gasteiger partial charge in [0.15, 0.2) is 0 Å². The Bertz CT molecular complexity index is 479. The molecule has 1 aromatic rings. The summed E-state index contributed by atoms with van der Waals surface area (Å²) < 4.78 is 0. The van der Waals surface area contributed by atoms with Crippen molar-refractivity contribution < 1.29 is 14.7 Å². The number of nitrogens with one attached hydrogen (secondary N) is 1. The Balaban J connectivity index is 2.19. The van der Waals surface area contributed by atoms with Crippen LogP contribution in [0.1, 0.15) is 36.0 Å². The van der Waals surface area contributed by atoms with Gasteiger partial charge in [-0.1, -0.05) is 12.8 Å². The van der Waals surface area contributed by atoms with Gasteiger partial charge in [-0.05, 0) is 31.0 Å². The lowest BCUT2D eigenvalue weighted by Gasteiger charge is -2.12. The fraction of sp³-hybridized carbons (Fsp3) is 0.385. The number of nitrogen functional groups attached to an aromatic ring is 1.